The van der Waals surface area contributed by atoms with E-state index in [0.29, 0.717) is 5.92 Å². The topological polar surface area (TPSA) is 70.0 Å². The molecule has 0 radical (unpaired) electrons. The number of nitrogens with zero attached hydrogens (tertiary/aromatic N) is 2. The minimum atomic E-state index is -0.834. The van der Waals surface area contributed by atoms with E-state index in [0.717, 1.165) is 49.7 Å². The Bertz CT molecular complexity index is 850. The summed E-state index contributed by atoms with van der Waals surface area (Å²) in [5.74, 6) is -0.184. The fraction of sp³-hybridized carbons (Fsp3) is 0.667. The lowest BCUT2D eigenvalue weighted by Gasteiger charge is -2.48. The van der Waals surface area contributed by atoms with Crippen molar-refractivity contribution in [3.8, 4) is 0 Å². The zero-order chi connectivity index (χ0) is 23.7. The van der Waals surface area contributed by atoms with Gasteiger partial charge in [-0.25, -0.2) is 0 Å². The van der Waals surface area contributed by atoms with Crippen LogP contribution in [0, 0.1) is 16.7 Å². The molecule has 1 fully saturated rings. The minimum Gasteiger partial charge on any atom is -0.481 e. The number of hydrogen-bond donors (Lipinski definition) is 1. The third kappa shape index (κ3) is 5.60. The van der Waals surface area contributed by atoms with Crippen molar-refractivity contribution in [2.45, 2.75) is 98.2 Å². The van der Waals surface area contributed by atoms with Gasteiger partial charge in [0.15, 0.2) is 0 Å². The predicted octanol–water partition coefficient (Wildman–Crippen LogP) is 6.03. The summed E-state index contributed by atoms with van der Waals surface area (Å²) in [6, 6.07) is 7.72. The van der Waals surface area contributed by atoms with Crippen LogP contribution < -0.4 is 0 Å². The summed E-state index contributed by atoms with van der Waals surface area (Å²) in [5, 5.41) is 9.10. The van der Waals surface area contributed by atoms with E-state index in [1.807, 2.05) is 24.3 Å². The molecule has 0 aromatic heterocycles. The summed E-state index contributed by atoms with van der Waals surface area (Å²) in [6.45, 7) is 13.6. The van der Waals surface area contributed by atoms with Gasteiger partial charge in [-0.05, 0) is 66.4 Å². The largest absolute Gasteiger partial charge is 0.481 e. The third-order valence-electron chi connectivity index (χ3n) is 7.31. The van der Waals surface area contributed by atoms with Crippen LogP contribution in [0.3, 0.4) is 0 Å². The average Bonchev–Trinajstić information content (AvgIpc) is 2.98. The van der Waals surface area contributed by atoms with Crippen molar-refractivity contribution in [1.29, 1.82) is 0 Å². The monoisotopic (exact) mass is 440 g/mol. The zero-order valence-electron chi connectivity index (χ0n) is 20.6. The Labute approximate surface area is 193 Å². The molecular formula is C27H40N2O3. The number of hydrogen-bond acceptors (Lipinski definition) is 3. The van der Waals surface area contributed by atoms with Crippen LogP contribution in [-0.4, -0.2) is 33.8 Å². The summed E-state index contributed by atoms with van der Waals surface area (Å²) in [7, 11) is 0. The zero-order valence-corrected chi connectivity index (χ0v) is 20.6. The Hall–Kier alpha value is -2.17. The van der Waals surface area contributed by atoms with Crippen LogP contribution in [0.15, 0.2) is 29.3 Å². The molecule has 0 bridgehead atoms. The number of carbonyl (C=O) groups is 2. The van der Waals surface area contributed by atoms with Gasteiger partial charge in [0.2, 0.25) is 0 Å². The van der Waals surface area contributed by atoms with Crippen molar-refractivity contribution in [2.24, 2.45) is 21.7 Å². The molecule has 32 heavy (non-hydrogen) atoms. The fourth-order valence-electron chi connectivity index (χ4n) is 5.31. The van der Waals surface area contributed by atoms with Gasteiger partial charge in [0, 0.05) is 0 Å². The van der Waals surface area contributed by atoms with E-state index in [4.69, 9.17) is 10.1 Å². The number of benzene rings is 1. The highest BCUT2D eigenvalue weighted by molar-refractivity contribution is 6.28. The van der Waals surface area contributed by atoms with Crippen LogP contribution in [0.5, 0.6) is 0 Å². The maximum atomic E-state index is 13.2. The first-order valence-corrected chi connectivity index (χ1v) is 12.0. The van der Waals surface area contributed by atoms with Crippen LogP contribution in [0.4, 0.5) is 0 Å². The first kappa shape index (κ1) is 24.5. The number of carboxylic acid groups (broad SMARTS) is 1. The average molecular weight is 441 g/mol. The molecule has 1 N–H and O–H groups in total. The maximum Gasteiger partial charge on any atom is 0.307 e. The molecule has 5 heteroatoms. The maximum absolute atomic E-state index is 13.2. The number of aliphatic carboxylic acids is 1. The van der Waals surface area contributed by atoms with E-state index in [1.165, 1.54) is 0 Å². The van der Waals surface area contributed by atoms with Crippen molar-refractivity contribution in [1.82, 2.24) is 4.90 Å². The number of carboxylic acids is 1. The van der Waals surface area contributed by atoms with E-state index in [9.17, 15) is 9.59 Å². The van der Waals surface area contributed by atoms with Crippen molar-refractivity contribution in [2.75, 3.05) is 0 Å². The Morgan fingerprint density at radius 3 is 2.22 bits per heavy atom. The van der Waals surface area contributed by atoms with Gasteiger partial charge >= 0.3 is 5.97 Å². The van der Waals surface area contributed by atoms with Crippen LogP contribution >= 0.6 is 0 Å². The molecule has 2 aliphatic rings. The number of aliphatic imine (C=N–C) groups is 1. The minimum absolute atomic E-state index is 0.00716. The van der Waals surface area contributed by atoms with E-state index in [1.54, 1.807) is 6.21 Å². The van der Waals surface area contributed by atoms with Gasteiger partial charge in [0.25, 0.3) is 5.91 Å². The highest BCUT2D eigenvalue weighted by Crippen LogP contribution is 2.49. The van der Waals surface area contributed by atoms with Crippen LogP contribution in [0.2, 0.25) is 0 Å². The lowest BCUT2D eigenvalue weighted by atomic mass is 9.69. The molecule has 1 atom stereocenters. The molecule has 1 amide bonds. The predicted molar refractivity (Wildman–Crippen MR) is 129 cm³/mol. The van der Waals surface area contributed by atoms with E-state index in [2.05, 4.69) is 46.4 Å². The van der Waals surface area contributed by atoms with Crippen molar-refractivity contribution in [3.63, 3.8) is 0 Å². The van der Waals surface area contributed by atoms with E-state index < -0.39 is 11.6 Å². The SMILES string of the molecule is CC(C)(C)CC[C@H](c1ccc(CC(=O)O)cc1)N1C(=O)C=NC12CCC(C(C)(C)C)CC2. The normalized spacial score (nSPS) is 24.9. The molecule has 1 aliphatic heterocycles. The second kappa shape index (κ2) is 8.99. The third-order valence-corrected chi connectivity index (χ3v) is 7.31. The molecule has 1 saturated carbocycles. The summed E-state index contributed by atoms with van der Waals surface area (Å²) >= 11 is 0. The van der Waals surface area contributed by atoms with Gasteiger partial charge in [0.1, 0.15) is 5.66 Å². The smallest absolute Gasteiger partial charge is 0.307 e. The van der Waals surface area contributed by atoms with Crippen molar-refractivity contribution < 1.29 is 14.7 Å². The quantitative estimate of drug-likeness (QED) is 0.587. The number of carbonyl (C=O) groups excluding carboxylic acids is 1. The molecule has 1 aromatic rings. The summed E-state index contributed by atoms with van der Waals surface area (Å²) in [5.41, 5.74) is 1.83. The standard InChI is InChI=1S/C27H40N2O3/c1-25(2,3)14-13-22(20-9-7-19(8-10-20)17-24(31)32)29-23(30)18-28-27(29)15-11-21(12-16-27)26(4,5)6/h7-10,18,21-22H,11-17H2,1-6H3,(H,31,32)/t21?,22-,27?/m1/s1. The van der Waals surface area contributed by atoms with Crippen LogP contribution in [0.1, 0.15) is 97.2 Å². The molecule has 0 saturated heterocycles. The highest BCUT2D eigenvalue weighted by atomic mass is 16.4. The molecule has 5 nitrogen and oxygen atoms in total. The van der Waals surface area contributed by atoms with Gasteiger partial charge in [0.05, 0.1) is 18.7 Å². The Kier molecular flexibility index (Phi) is 6.88. The number of rotatable bonds is 6. The van der Waals surface area contributed by atoms with E-state index in [-0.39, 0.29) is 29.2 Å². The second-order valence-corrected chi connectivity index (χ2v) is 12.0. The van der Waals surface area contributed by atoms with Gasteiger partial charge in [-0.2, -0.15) is 0 Å². The first-order valence-electron chi connectivity index (χ1n) is 12.0. The molecular weight excluding hydrogens is 400 g/mol. The van der Waals surface area contributed by atoms with Gasteiger partial charge in [-0.1, -0.05) is 65.8 Å². The molecule has 1 spiro atoms. The Balaban J connectivity index is 1.90. The van der Waals surface area contributed by atoms with Gasteiger partial charge in [-0.3, -0.25) is 14.6 Å². The Morgan fingerprint density at radius 2 is 1.72 bits per heavy atom. The van der Waals surface area contributed by atoms with Crippen molar-refractivity contribution in [3.05, 3.63) is 35.4 Å². The number of amides is 1. The fourth-order valence-corrected chi connectivity index (χ4v) is 5.31. The summed E-state index contributed by atoms with van der Waals surface area (Å²) in [4.78, 5) is 31.1. The molecule has 1 aromatic carbocycles. The van der Waals surface area contributed by atoms with E-state index >= 15 is 0 Å². The molecule has 3 rings (SSSR count). The van der Waals surface area contributed by atoms with Gasteiger partial charge < -0.3 is 10.0 Å². The van der Waals surface area contributed by atoms with Crippen molar-refractivity contribution >= 4 is 18.1 Å². The molecule has 1 heterocycles. The summed E-state index contributed by atoms with van der Waals surface area (Å²) in [6.07, 6.45) is 7.36. The summed E-state index contributed by atoms with van der Waals surface area (Å²) < 4.78 is 0. The molecule has 1 aliphatic carbocycles. The molecule has 176 valence electrons. The Morgan fingerprint density at radius 1 is 1.12 bits per heavy atom. The first-order chi connectivity index (χ1) is 14.8. The molecule has 0 unspecified atom stereocenters. The lowest BCUT2D eigenvalue weighted by molar-refractivity contribution is -0.136. The highest BCUT2D eigenvalue weighted by Gasteiger charge is 2.49. The lowest BCUT2D eigenvalue weighted by Crippen LogP contribution is -2.51. The van der Waals surface area contributed by atoms with Gasteiger partial charge in [-0.15, -0.1) is 0 Å². The van der Waals surface area contributed by atoms with Crippen LogP contribution in [-0.2, 0) is 16.0 Å². The van der Waals surface area contributed by atoms with Crippen LogP contribution in [0.25, 0.3) is 0 Å². The second-order valence-electron chi connectivity index (χ2n) is 12.0.